The molecule has 0 bridgehead atoms. The van der Waals surface area contributed by atoms with Crippen LogP contribution < -0.4 is 16.4 Å². The Morgan fingerprint density at radius 1 is 1.24 bits per heavy atom. The molecule has 0 radical (unpaired) electrons. The summed E-state index contributed by atoms with van der Waals surface area (Å²) >= 11 is 0. The number of nitrogens with one attached hydrogen (secondary N) is 3. The summed E-state index contributed by atoms with van der Waals surface area (Å²) in [6.45, 7) is 2.46. The molecular weight excluding hydrogens is 270 g/mol. The van der Waals surface area contributed by atoms with Crippen molar-refractivity contribution in [1.29, 1.82) is 0 Å². The molecule has 0 aliphatic rings. The van der Waals surface area contributed by atoms with Crippen LogP contribution >= 0.6 is 0 Å². The van der Waals surface area contributed by atoms with Crippen LogP contribution in [-0.4, -0.2) is 20.0 Å². The molecule has 21 heavy (non-hydrogen) atoms. The number of fused-ring (bicyclic) bond motifs is 1. The lowest BCUT2D eigenvalue weighted by Crippen LogP contribution is -2.20. The molecule has 0 saturated carbocycles. The third-order valence-corrected chi connectivity index (χ3v) is 3.41. The van der Waals surface area contributed by atoms with Crippen LogP contribution in [0.2, 0.25) is 0 Å². The van der Waals surface area contributed by atoms with Gasteiger partial charge in [0.05, 0.1) is 16.5 Å². The second-order valence-electron chi connectivity index (χ2n) is 4.90. The lowest BCUT2D eigenvalue weighted by molar-refractivity contribution is 0.756. The van der Waals surface area contributed by atoms with Gasteiger partial charge in [0.1, 0.15) is 0 Å². The van der Waals surface area contributed by atoms with Crippen molar-refractivity contribution in [3.63, 3.8) is 0 Å². The maximum atomic E-state index is 12.0. The average molecular weight is 285 g/mol. The van der Waals surface area contributed by atoms with Crippen molar-refractivity contribution >= 4 is 16.5 Å². The number of aromatic nitrogens is 4. The highest BCUT2D eigenvalue weighted by molar-refractivity contribution is 5.92. The molecule has 3 N–H and O–H groups in total. The maximum absolute atomic E-state index is 12.0. The van der Waals surface area contributed by atoms with Crippen LogP contribution in [0, 0.1) is 6.92 Å². The van der Waals surface area contributed by atoms with Crippen LogP contribution in [0.3, 0.4) is 0 Å². The summed E-state index contributed by atoms with van der Waals surface area (Å²) in [7, 11) is 1.86. The van der Waals surface area contributed by atoms with Gasteiger partial charge in [-0.2, -0.15) is 5.10 Å². The Morgan fingerprint density at radius 3 is 2.71 bits per heavy atom. The number of aromatic amines is 2. The Labute approximate surface area is 119 Å². The molecule has 0 saturated heterocycles. The second kappa shape index (κ2) is 4.93. The summed E-state index contributed by atoms with van der Waals surface area (Å²) in [6.07, 6.45) is 1.92. The van der Waals surface area contributed by atoms with Crippen LogP contribution in [0.25, 0.3) is 10.8 Å². The molecular formula is C14H15N5O2. The van der Waals surface area contributed by atoms with Gasteiger partial charge in [0.25, 0.3) is 11.1 Å². The van der Waals surface area contributed by atoms with E-state index in [4.69, 9.17) is 0 Å². The molecule has 3 rings (SSSR count). The number of aryl methyl sites for hydroxylation is 2. The molecule has 0 spiro atoms. The van der Waals surface area contributed by atoms with Crippen molar-refractivity contribution in [3.05, 3.63) is 56.4 Å². The van der Waals surface area contributed by atoms with Crippen molar-refractivity contribution < 1.29 is 0 Å². The van der Waals surface area contributed by atoms with Gasteiger partial charge in [0.15, 0.2) is 0 Å². The Kier molecular flexibility index (Phi) is 3.09. The highest BCUT2D eigenvalue weighted by Crippen LogP contribution is 2.18. The number of hydrogen-bond acceptors (Lipinski definition) is 4. The summed E-state index contributed by atoms with van der Waals surface area (Å²) < 4.78 is 1.74. The minimum absolute atomic E-state index is 0.314. The van der Waals surface area contributed by atoms with Crippen LogP contribution in [0.5, 0.6) is 0 Å². The maximum Gasteiger partial charge on any atom is 0.272 e. The van der Waals surface area contributed by atoms with E-state index in [1.807, 2.05) is 20.2 Å². The third kappa shape index (κ3) is 2.33. The number of benzene rings is 1. The summed E-state index contributed by atoms with van der Waals surface area (Å²) in [5.41, 5.74) is 1.96. The average Bonchev–Trinajstić information content (AvgIpc) is 2.78. The van der Waals surface area contributed by atoms with Crippen molar-refractivity contribution in [2.45, 2.75) is 13.5 Å². The normalized spacial score (nSPS) is 11.0. The van der Waals surface area contributed by atoms with E-state index in [1.165, 1.54) is 0 Å². The van der Waals surface area contributed by atoms with Crippen LogP contribution in [-0.2, 0) is 13.6 Å². The first-order chi connectivity index (χ1) is 10.1. The zero-order valence-electron chi connectivity index (χ0n) is 11.7. The lowest BCUT2D eigenvalue weighted by Gasteiger charge is -2.08. The fourth-order valence-corrected chi connectivity index (χ4v) is 2.39. The quantitative estimate of drug-likeness (QED) is 0.665. The number of hydrogen-bond donors (Lipinski definition) is 3. The molecule has 3 aromatic rings. The highest BCUT2D eigenvalue weighted by Gasteiger charge is 2.09. The van der Waals surface area contributed by atoms with Gasteiger partial charge in [-0.25, -0.2) is 0 Å². The largest absolute Gasteiger partial charge is 0.380 e. The first-order valence-corrected chi connectivity index (χ1v) is 6.53. The highest BCUT2D eigenvalue weighted by atomic mass is 16.1. The van der Waals surface area contributed by atoms with Gasteiger partial charge >= 0.3 is 0 Å². The summed E-state index contributed by atoms with van der Waals surface area (Å²) in [4.78, 5) is 23.7. The smallest absolute Gasteiger partial charge is 0.272 e. The van der Waals surface area contributed by atoms with Gasteiger partial charge in [-0.3, -0.25) is 24.5 Å². The van der Waals surface area contributed by atoms with E-state index in [2.05, 4.69) is 20.6 Å². The van der Waals surface area contributed by atoms with E-state index in [0.29, 0.717) is 23.0 Å². The summed E-state index contributed by atoms with van der Waals surface area (Å²) in [5, 5.41) is 12.9. The van der Waals surface area contributed by atoms with E-state index in [1.54, 1.807) is 22.9 Å². The van der Waals surface area contributed by atoms with Gasteiger partial charge in [-0.15, -0.1) is 0 Å². The number of rotatable bonds is 3. The molecule has 0 atom stereocenters. The van der Waals surface area contributed by atoms with E-state index in [0.717, 1.165) is 11.3 Å². The van der Waals surface area contributed by atoms with Crippen molar-refractivity contribution in [2.75, 3.05) is 5.32 Å². The molecule has 7 nitrogen and oxygen atoms in total. The van der Waals surface area contributed by atoms with Crippen LogP contribution in [0.1, 0.15) is 11.3 Å². The predicted molar refractivity (Wildman–Crippen MR) is 80.5 cm³/mol. The molecule has 0 aliphatic heterocycles. The Bertz CT molecular complexity index is 919. The molecule has 0 aliphatic carbocycles. The minimum Gasteiger partial charge on any atom is -0.380 e. The zero-order valence-corrected chi connectivity index (χ0v) is 11.7. The molecule has 0 fully saturated rings. The van der Waals surface area contributed by atoms with Crippen molar-refractivity contribution in [3.8, 4) is 0 Å². The molecule has 0 unspecified atom stereocenters. The first-order valence-electron chi connectivity index (χ1n) is 6.53. The van der Waals surface area contributed by atoms with Crippen molar-refractivity contribution in [2.24, 2.45) is 7.05 Å². The van der Waals surface area contributed by atoms with Crippen LogP contribution in [0.4, 0.5) is 5.69 Å². The summed E-state index contributed by atoms with van der Waals surface area (Å²) in [6, 6.07) is 5.15. The predicted octanol–water partition coefficient (Wildman–Crippen LogP) is 0.870. The molecule has 0 amide bonds. The van der Waals surface area contributed by atoms with E-state index >= 15 is 0 Å². The number of nitrogens with zero attached hydrogens (tertiary/aromatic N) is 2. The van der Waals surface area contributed by atoms with Gasteiger partial charge in [-0.05, 0) is 19.1 Å². The van der Waals surface area contributed by atoms with Crippen LogP contribution in [0.15, 0.2) is 34.0 Å². The van der Waals surface area contributed by atoms with Gasteiger partial charge < -0.3 is 5.32 Å². The fourth-order valence-electron chi connectivity index (χ4n) is 2.39. The van der Waals surface area contributed by atoms with Gasteiger partial charge in [0.2, 0.25) is 0 Å². The zero-order chi connectivity index (χ0) is 15.0. The van der Waals surface area contributed by atoms with E-state index in [-0.39, 0.29) is 11.1 Å². The molecule has 1 aromatic carbocycles. The van der Waals surface area contributed by atoms with Crippen molar-refractivity contribution in [1.82, 2.24) is 20.0 Å². The monoisotopic (exact) mass is 285 g/mol. The summed E-state index contributed by atoms with van der Waals surface area (Å²) in [5.74, 6) is 0. The lowest BCUT2D eigenvalue weighted by atomic mass is 10.1. The first kappa shape index (κ1) is 13.2. The third-order valence-electron chi connectivity index (χ3n) is 3.41. The molecule has 108 valence electrons. The van der Waals surface area contributed by atoms with E-state index in [9.17, 15) is 9.59 Å². The van der Waals surface area contributed by atoms with Gasteiger partial charge in [0, 0.05) is 31.0 Å². The fraction of sp³-hybridized carbons (Fsp3) is 0.214. The standard InChI is InChI=1S/C14H15N5O2/c1-8-9(7-19(2)18-8)6-15-11-5-3-4-10-12(11)14(21)17-16-13(10)20/h3-5,7,15H,6H2,1-2H3,(H,16,20)(H,17,21). The van der Waals surface area contributed by atoms with Gasteiger partial charge in [-0.1, -0.05) is 6.07 Å². The molecule has 2 aromatic heterocycles. The van der Waals surface area contributed by atoms with E-state index < -0.39 is 0 Å². The Balaban J connectivity index is 2.02. The molecule has 7 heteroatoms. The number of anilines is 1. The number of H-pyrrole nitrogens is 2. The minimum atomic E-state index is -0.324. The second-order valence-corrected chi connectivity index (χ2v) is 4.90. The molecule has 2 heterocycles. The Morgan fingerprint density at radius 2 is 2.00 bits per heavy atom. The Hall–Kier alpha value is -2.83. The SMILES string of the molecule is Cc1nn(C)cc1CNc1cccc2c(=O)[nH][nH]c(=O)c12. The topological polar surface area (TPSA) is 95.6 Å².